The number of aliphatic hydroxyl groups excluding tert-OH is 1. The standard InChI is InChI=1S/C13H19N3O.C2H6/c1-15-7-9-5-11-10(12(9)14-15)6-13(8-17)3-2-4-16(11)13;1-2/h7,10-11,17H,2-6,8H2,1H3;1-2H3. The fourth-order valence-electron chi connectivity index (χ4n) is 4.47. The van der Waals surface area contributed by atoms with E-state index < -0.39 is 0 Å². The lowest BCUT2D eigenvalue weighted by atomic mass is 9.89. The van der Waals surface area contributed by atoms with Gasteiger partial charge in [0, 0.05) is 30.7 Å². The van der Waals surface area contributed by atoms with Crippen molar-refractivity contribution in [1.82, 2.24) is 14.7 Å². The molecule has 0 radical (unpaired) electrons. The highest BCUT2D eigenvalue weighted by atomic mass is 16.3. The number of aromatic nitrogens is 2. The number of nitrogens with zero attached hydrogens (tertiary/aromatic N) is 3. The smallest absolute Gasteiger partial charge is 0.0704 e. The van der Waals surface area contributed by atoms with Gasteiger partial charge in [0.15, 0.2) is 0 Å². The molecule has 3 aliphatic rings. The van der Waals surface area contributed by atoms with E-state index in [2.05, 4.69) is 16.2 Å². The van der Waals surface area contributed by atoms with E-state index in [1.54, 1.807) is 0 Å². The minimum atomic E-state index is 0.0878. The summed E-state index contributed by atoms with van der Waals surface area (Å²) in [6.45, 7) is 5.49. The van der Waals surface area contributed by atoms with E-state index in [1.807, 2.05) is 25.6 Å². The third-order valence-electron chi connectivity index (χ3n) is 5.13. The van der Waals surface area contributed by atoms with Crippen molar-refractivity contribution in [2.24, 2.45) is 7.05 Å². The van der Waals surface area contributed by atoms with Crippen molar-refractivity contribution in [3.8, 4) is 0 Å². The van der Waals surface area contributed by atoms with Gasteiger partial charge in [-0.25, -0.2) is 0 Å². The van der Waals surface area contributed by atoms with Gasteiger partial charge in [-0.1, -0.05) is 13.8 Å². The van der Waals surface area contributed by atoms with E-state index in [4.69, 9.17) is 0 Å². The average Bonchev–Trinajstić information content (AvgIpc) is 3.10. The van der Waals surface area contributed by atoms with E-state index in [1.165, 1.54) is 24.1 Å². The predicted molar refractivity (Wildman–Crippen MR) is 75.2 cm³/mol. The van der Waals surface area contributed by atoms with Crippen molar-refractivity contribution in [2.45, 2.75) is 57.0 Å². The molecule has 3 heterocycles. The van der Waals surface area contributed by atoms with Crippen LogP contribution in [0.1, 0.15) is 50.3 Å². The SMILES string of the molecule is CC.Cn1cc2c(n1)C1CC3(CO)CCCN3C1C2. The van der Waals surface area contributed by atoms with Gasteiger partial charge in [0.1, 0.15) is 0 Å². The molecule has 3 unspecified atom stereocenters. The maximum absolute atomic E-state index is 9.77. The fourth-order valence-corrected chi connectivity index (χ4v) is 4.47. The van der Waals surface area contributed by atoms with Crippen molar-refractivity contribution in [1.29, 1.82) is 0 Å². The summed E-state index contributed by atoms with van der Waals surface area (Å²) in [5.74, 6) is 0.568. The molecule has 106 valence electrons. The lowest BCUT2D eigenvalue weighted by Gasteiger charge is -2.32. The Bertz CT molecular complexity index is 470. The molecule has 1 aromatic heterocycles. The molecule has 4 nitrogen and oxygen atoms in total. The number of aliphatic hydroxyl groups is 1. The van der Waals surface area contributed by atoms with E-state index in [9.17, 15) is 5.11 Å². The van der Waals surface area contributed by atoms with E-state index >= 15 is 0 Å². The third-order valence-corrected chi connectivity index (χ3v) is 5.13. The largest absolute Gasteiger partial charge is 0.394 e. The zero-order valence-corrected chi connectivity index (χ0v) is 12.3. The fraction of sp³-hybridized carbons (Fsp3) is 0.800. The summed E-state index contributed by atoms with van der Waals surface area (Å²) in [7, 11) is 2.01. The highest BCUT2D eigenvalue weighted by molar-refractivity contribution is 5.35. The molecule has 4 rings (SSSR count). The molecule has 0 spiro atoms. The second-order valence-corrected chi connectivity index (χ2v) is 5.97. The Balaban J connectivity index is 0.000000528. The molecule has 3 atom stereocenters. The van der Waals surface area contributed by atoms with Crippen LogP contribution in [0.2, 0.25) is 0 Å². The van der Waals surface area contributed by atoms with Crippen LogP contribution in [0.25, 0.3) is 0 Å². The van der Waals surface area contributed by atoms with E-state index in [-0.39, 0.29) is 5.54 Å². The van der Waals surface area contributed by atoms with E-state index in [0.29, 0.717) is 18.6 Å². The summed E-state index contributed by atoms with van der Waals surface area (Å²) in [6.07, 6.45) is 6.83. The normalized spacial score (nSPS) is 35.6. The number of aryl methyl sites for hydroxylation is 1. The quantitative estimate of drug-likeness (QED) is 0.838. The highest BCUT2D eigenvalue weighted by Crippen LogP contribution is 2.53. The lowest BCUT2D eigenvalue weighted by molar-refractivity contribution is 0.0781. The van der Waals surface area contributed by atoms with Crippen molar-refractivity contribution >= 4 is 0 Å². The molecule has 2 fully saturated rings. The van der Waals surface area contributed by atoms with Crippen LogP contribution in [0.3, 0.4) is 0 Å². The number of rotatable bonds is 1. The Kier molecular flexibility index (Phi) is 3.18. The minimum Gasteiger partial charge on any atom is -0.394 e. The van der Waals surface area contributed by atoms with Crippen LogP contribution in [0.4, 0.5) is 0 Å². The number of hydrogen-bond acceptors (Lipinski definition) is 3. The van der Waals surface area contributed by atoms with Gasteiger partial charge < -0.3 is 5.11 Å². The zero-order chi connectivity index (χ0) is 13.6. The van der Waals surface area contributed by atoms with Crippen molar-refractivity contribution in [3.63, 3.8) is 0 Å². The topological polar surface area (TPSA) is 41.3 Å². The summed E-state index contributed by atoms with van der Waals surface area (Å²) in [5.41, 5.74) is 2.82. The van der Waals surface area contributed by atoms with Crippen LogP contribution in [-0.2, 0) is 13.5 Å². The van der Waals surface area contributed by atoms with Gasteiger partial charge in [0.05, 0.1) is 12.3 Å². The van der Waals surface area contributed by atoms with Crippen LogP contribution >= 0.6 is 0 Å². The molecule has 0 saturated carbocycles. The van der Waals surface area contributed by atoms with Gasteiger partial charge >= 0.3 is 0 Å². The summed E-state index contributed by atoms with van der Waals surface area (Å²) in [4.78, 5) is 2.58. The first-order valence-corrected chi connectivity index (χ1v) is 7.63. The molecule has 0 aromatic carbocycles. The van der Waals surface area contributed by atoms with Crippen LogP contribution in [0, 0.1) is 0 Å². The van der Waals surface area contributed by atoms with Gasteiger partial charge in [0.2, 0.25) is 0 Å². The molecule has 0 amide bonds. The van der Waals surface area contributed by atoms with Crippen LogP contribution in [0.15, 0.2) is 6.20 Å². The second-order valence-electron chi connectivity index (χ2n) is 5.97. The minimum absolute atomic E-state index is 0.0878. The first-order chi connectivity index (χ1) is 9.23. The molecule has 2 saturated heterocycles. The number of hydrogen-bond donors (Lipinski definition) is 1. The van der Waals surface area contributed by atoms with Gasteiger partial charge in [-0.15, -0.1) is 0 Å². The maximum atomic E-state index is 9.77. The molecule has 1 aromatic rings. The first-order valence-electron chi connectivity index (χ1n) is 7.63. The van der Waals surface area contributed by atoms with Gasteiger partial charge in [-0.3, -0.25) is 9.58 Å². The van der Waals surface area contributed by atoms with Crippen molar-refractivity contribution in [2.75, 3.05) is 13.2 Å². The number of fused-ring (bicyclic) bond motifs is 5. The first kappa shape index (κ1) is 13.1. The molecule has 2 aliphatic heterocycles. The van der Waals surface area contributed by atoms with Crippen LogP contribution < -0.4 is 0 Å². The predicted octanol–water partition coefficient (Wildman–Crippen LogP) is 1.69. The van der Waals surface area contributed by atoms with Crippen LogP contribution in [-0.4, -0.2) is 44.5 Å². The molecule has 1 N–H and O–H groups in total. The average molecular weight is 263 g/mol. The van der Waals surface area contributed by atoms with Gasteiger partial charge in [0.25, 0.3) is 0 Å². The maximum Gasteiger partial charge on any atom is 0.0704 e. The van der Waals surface area contributed by atoms with Crippen molar-refractivity contribution < 1.29 is 5.11 Å². The molecular formula is C15H25N3O. The lowest BCUT2D eigenvalue weighted by Crippen LogP contribution is -2.45. The van der Waals surface area contributed by atoms with Gasteiger partial charge in [-0.05, 0) is 37.8 Å². The summed E-state index contributed by atoms with van der Waals surface area (Å²) < 4.78 is 1.94. The molecule has 0 bridgehead atoms. The Labute approximate surface area is 115 Å². The second kappa shape index (κ2) is 4.60. The molecule has 1 aliphatic carbocycles. The molecular weight excluding hydrogens is 238 g/mol. The van der Waals surface area contributed by atoms with Crippen LogP contribution in [0.5, 0.6) is 0 Å². The molecule has 19 heavy (non-hydrogen) atoms. The monoisotopic (exact) mass is 263 g/mol. The van der Waals surface area contributed by atoms with Crippen molar-refractivity contribution in [3.05, 3.63) is 17.5 Å². The third kappa shape index (κ3) is 1.69. The zero-order valence-electron chi connectivity index (χ0n) is 12.3. The Morgan fingerprint density at radius 2 is 2.26 bits per heavy atom. The Hall–Kier alpha value is -0.870. The highest BCUT2D eigenvalue weighted by Gasteiger charge is 2.56. The molecule has 4 heteroatoms. The summed E-state index contributed by atoms with van der Waals surface area (Å²) in [6, 6.07) is 0.614. The van der Waals surface area contributed by atoms with E-state index in [0.717, 1.165) is 19.4 Å². The van der Waals surface area contributed by atoms with Gasteiger partial charge in [-0.2, -0.15) is 5.10 Å². The Morgan fingerprint density at radius 3 is 3.00 bits per heavy atom. The summed E-state index contributed by atoms with van der Waals surface area (Å²) >= 11 is 0. The Morgan fingerprint density at radius 1 is 1.47 bits per heavy atom. The summed E-state index contributed by atoms with van der Waals surface area (Å²) in [5, 5.41) is 14.4.